The van der Waals surface area contributed by atoms with E-state index in [1.165, 1.54) is 12.1 Å². The average molecular weight is 345 g/mol. The van der Waals surface area contributed by atoms with E-state index in [0.29, 0.717) is 23.4 Å². The second kappa shape index (κ2) is 5.89. The Bertz CT molecular complexity index is 976. The van der Waals surface area contributed by atoms with Crippen molar-refractivity contribution in [2.75, 3.05) is 16.9 Å². The molecule has 2 heterocycles. The fourth-order valence-electron chi connectivity index (χ4n) is 3.15. The van der Waals surface area contributed by atoms with E-state index < -0.39 is 11.6 Å². The van der Waals surface area contributed by atoms with Gasteiger partial charge in [0.1, 0.15) is 11.6 Å². The number of halogens is 3. The molecule has 0 aliphatic carbocycles. The minimum absolute atomic E-state index is 0.0667. The highest BCUT2D eigenvalue weighted by Crippen LogP contribution is 2.37. The molecule has 0 bridgehead atoms. The monoisotopic (exact) mass is 345 g/mol. The highest BCUT2D eigenvalue weighted by atomic mass is 19.2. The summed E-state index contributed by atoms with van der Waals surface area (Å²) in [6.45, 7) is 0.561. The molecule has 25 heavy (non-hydrogen) atoms. The van der Waals surface area contributed by atoms with Crippen molar-refractivity contribution in [3.8, 4) is 0 Å². The molecule has 0 fully saturated rings. The topological polar surface area (TPSA) is 67.1 Å². The highest BCUT2D eigenvalue weighted by Gasteiger charge is 2.23. The van der Waals surface area contributed by atoms with E-state index in [4.69, 9.17) is 5.84 Å². The summed E-state index contributed by atoms with van der Waals surface area (Å²) >= 11 is 0. The lowest BCUT2D eigenvalue weighted by atomic mass is 10.0. The van der Waals surface area contributed by atoms with Crippen molar-refractivity contribution in [2.45, 2.75) is 12.8 Å². The van der Waals surface area contributed by atoms with E-state index >= 15 is 0 Å². The third-order valence-electron chi connectivity index (χ3n) is 4.27. The zero-order chi connectivity index (χ0) is 17.6. The second-order valence-electron chi connectivity index (χ2n) is 5.83. The number of rotatable bonds is 2. The Hall–Kier alpha value is -2.87. The van der Waals surface area contributed by atoms with Gasteiger partial charge in [-0.3, -0.25) is 5.43 Å². The molecule has 4 rings (SSSR count). The number of fused-ring (bicyclic) bond motifs is 2. The van der Waals surface area contributed by atoms with E-state index in [1.54, 1.807) is 11.0 Å². The van der Waals surface area contributed by atoms with Crippen LogP contribution in [0.5, 0.6) is 0 Å². The quantitative estimate of drug-likeness (QED) is 0.550. The standard InChI is InChI=1S/C17H14F3N5/c18-10-4-3-9-2-1-5-25(15(9)6-10)16-11-7-12(19)13(20)8-14(11)22-17(23-16)24-21/h3-4,6-8H,1-2,5,21H2,(H,22,23,24). The zero-order valence-electron chi connectivity index (χ0n) is 13.1. The van der Waals surface area contributed by atoms with Gasteiger partial charge in [-0.25, -0.2) is 24.0 Å². The summed E-state index contributed by atoms with van der Waals surface area (Å²) in [5.74, 6) is 3.44. The summed E-state index contributed by atoms with van der Waals surface area (Å²) in [6, 6.07) is 6.59. The molecule has 0 saturated carbocycles. The molecule has 1 aromatic heterocycles. The molecule has 0 radical (unpaired) electrons. The summed E-state index contributed by atoms with van der Waals surface area (Å²) in [6.07, 6.45) is 1.62. The number of nitrogens with one attached hydrogen (secondary N) is 1. The molecule has 1 aliphatic rings. The van der Waals surface area contributed by atoms with Gasteiger partial charge < -0.3 is 4.90 Å². The van der Waals surface area contributed by atoms with Crippen LogP contribution in [0.1, 0.15) is 12.0 Å². The molecule has 0 atom stereocenters. The molecule has 3 aromatic rings. The number of hydrazine groups is 1. The van der Waals surface area contributed by atoms with Crippen molar-refractivity contribution in [1.82, 2.24) is 9.97 Å². The van der Waals surface area contributed by atoms with E-state index in [9.17, 15) is 13.2 Å². The van der Waals surface area contributed by atoms with Gasteiger partial charge in [0.25, 0.3) is 0 Å². The lowest BCUT2D eigenvalue weighted by Crippen LogP contribution is -2.26. The first-order valence-electron chi connectivity index (χ1n) is 7.76. The Morgan fingerprint density at radius 3 is 2.64 bits per heavy atom. The number of benzene rings is 2. The summed E-state index contributed by atoms with van der Waals surface area (Å²) in [7, 11) is 0. The molecule has 5 nitrogen and oxygen atoms in total. The van der Waals surface area contributed by atoms with Crippen LogP contribution in [-0.4, -0.2) is 16.5 Å². The predicted octanol–water partition coefficient (Wildman–Crippen LogP) is 3.42. The van der Waals surface area contributed by atoms with E-state index in [2.05, 4.69) is 15.4 Å². The van der Waals surface area contributed by atoms with Crippen LogP contribution in [0.4, 0.5) is 30.6 Å². The van der Waals surface area contributed by atoms with Gasteiger partial charge in [-0.15, -0.1) is 0 Å². The molecule has 0 amide bonds. The number of nitrogens with zero attached hydrogens (tertiary/aromatic N) is 3. The molecule has 128 valence electrons. The van der Waals surface area contributed by atoms with Crippen LogP contribution in [0.3, 0.4) is 0 Å². The summed E-state index contributed by atoms with van der Waals surface area (Å²) in [4.78, 5) is 10.2. The molecule has 0 saturated heterocycles. The van der Waals surface area contributed by atoms with Gasteiger partial charge in [0.2, 0.25) is 5.95 Å². The van der Waals surface area contributed by atoms with Crippen LogP contribution in [-0.2, 0) is 6.42 Å². The number of nitrogen functional groups attached to an aromatic ring is 1. The van der Waals surface area contributed by atoms with Crippen molar-refractivity contribution in [1.29, 1.82) is 0 Å². The Balaban J connectivity index is 1.98. The smallest absolute Gasteiger partial charge is 0.239 e. The van der Waals surface area contributed by atoms with Crippen molar-refractivity contribution in [3.05, 3.63) is 53.3 Å². The van der Waals surface area contributed by atoms with Crippen molar-refractivity contribution < 1.29 is 13.2 Å². The van der Waals surface area contributed by atoms with Gasteiger partial charge in [0.05, 0.1) is 5.52 Å². The minimum Gasteiger partial charge on any atom is -0.325 e. The number of hydrogen-bond acceptors (Lipinski definition) is 5. The van der Waals surface area contributed by atoms with E-state index in [1.807, 2.05) is 0 Å². The summed E-state index contributed by atoms with van der Waals surface area (Å²) < 4.78 is 41.1. The minimum atomic E-state index is -1.01. The van der Waals surface area contributed by atoms with Crippen LogP contribution >= 0.6 is 0 Å². The molecular formula is C17H14F3N5. The Morgan fingerprint density at radius 2 is 1.84 bits per heavy atom. The fourth-order valence-corrected chi connectivity index (χ4v) is 3.15. The maximum atomic E-state index is 13.8. The van der Waals surface area contributed by atoms with E-state index in [0.717, 1.165) is 30.5 Å². The number of aromatic nitrogens is 2. The van der Waals surface area contributed by atoms with Crippen LogP contribution in [0.25, 0.3) is 10.9 Å². The SMILES string of the molecule is NNc1nc(N2CCCc3ccc(F)cc32)c2cc(F)c(F)cc2n1. The Morgan fingerprint density at radius 1 is 1.04 bits per heavy atom. The van der Waals surface area contributed by atoms with Crippen LogP contribution in [0.2, 0.25) is 0 Å². The molecule has 1 aliphatic heterocycles. The lowest BCUT2D eigenvalue weighted by molar-refractivity contribution is 0.510. The van der Waals surface area contributed by atoms with Gasteiger partial charge in [-0.05, 0) is 36.6 Å². The van der Waals surface area contributed by atoms with Crippen LogP contribution < -0.4 is 16.2 Å². The van der Waals surface area contributed by atoms with Gasteiger partial charge >= 0.3 is 0 Å². The third-order valence-corrected chi connectivity index (χ3v) is 4.27. The Labute approximate surface area is 141 Å². The third kappa shape index (κ3) is 2.64. The largest absolute Gasteiger partial charge is 0.325 e. The Kier molecular flexibility index (Phi) is 3.69. The van der Waals surface area contributed by atoms with Gasteiger partial charge in [0.15, 0.2) is 11.6 Å². The molecule has 0 unspecified atom stereocenters. The number of nitrogens with two attached hydrogens (primary N) is 1. The van der Waals surface area contributed by atoms with Crippen molar-refractivity contribution >= 4 is 28.4 Å². The van der Waals surface area contributed by atoms with Crippen molar-refractivity contribution in [2.24, 2.45) is 5.84 Å². The van der Waals surface area contributed by atoms with Gasteiger partial charge in [-0.1, -0.05) is 6.07 Å². The second-order valence-corrected chi connectivity index (χ2v) is 5.83. The summed E-state index contributed by atoms with van der Waals surface area (Å²) in [5, 5.41) is 0.329. The number of aryl methyl sites for hydroxylation is 1. The number of anilines is 3. The summed E-state index contributed by atoms with van der Waals surface area (Å²) in [5.41, 5.74) is 4.15. The van der Waals surface area contributed by atoms with Crippen LogP contribution in [0.15, 0.2) is 30.3 Å². The first-order chi connectivity index (χ1) is 12.1. The zero-order valence-corrected chi connectivity index (χ0v) is 13.1. The van der Waals surface area contributed by atoms with Gasteiger partial charge in [0, 0.05) is 23.7 Å². The normalized spacial score (nSPS) is 13.8. The number of hydrogen-bond donors (Lipinski definition) is 2. The maximum absolute atomic E-state index is 13.8. The molecular weight excluding hydrogens is 331 g/mol. The highest BCUT2D eigenvalue weighted by molar-refractivity contribution is 5.93. The first kappa shape index (κ1) is 15.6. The predicted molar refractivity (Wildman–Crippen MR) is 89.0 cm³/mol. The molecule has 8 heteroatoms. The lowest BCUT2D eigenvalue weighted by Gasteiger charge is -2.31. The average Bonchev–Trinajstić information content (AvgIpc) is 2.61. The maximum Gasteiger partial charge on any atom is 0.239 e. The first-order valence-corrected chi connectivity index (χ1v) is 7.76. The van der Waals surface area contributed by atoms with Gasteiger partial charge in [-0.2, -0.15) is 4.98 Å². The van der Waals surface area contributed by atoms with Crippen molar-refractivity contribution in [3.63, 3.8) is 0 Å². The molecule has 0 spiro atoms. The molecule has 2 aromatic carbocycles. The van der Waals surface area contributed by atoms with E-state index in [-0.39, 0.29) is 17.3 Å². The van der Waals surface area contributed by atoms with Crippen LogP contribution in [0, 0.1) is 17.5 Å². The fraction of sp³-hybridized carbons (Fsp3) is 0.176. The molecule has 3 N–H and O–H groups in total.